The highest BCUT2D eigenvalue weighted by molar-refractivity contribution is 5.98. The SMILES string of the molecule is COc1ncnc(OC)c1C(=O)N1CC2CCC(N)C2C1. The van der Waals surface area contributed by atoms with Crippen molar-refractivity contribution in [3.63, 3.8) is 0 Å². The fourth-order valence-corrected chi connectivity index (χ4v) is 3.48. The lowest BCUT2D eigenvalue weighted by molar-refractivity contribution is 0.0770. The molecule has 1 aromatic heterocycles. The third-order valence-corrected chi connectivity index (χ3v) is 4.58. The third-order valence-electron chi connectivity index (χ3n) is 4.58. The van der Waals surface area contributed by atoms with Crippen LogP contribution in [-0.2, 0) is 0 Å². The van der Waals surface area contributed by atoms with E-state index in [4.69, 9.17) is 15.2 Å². The maximum atomic E-state index is 12.8. The first-order valence-corrected chi connectivity index (χ1v) is 7.13. The van der Waals surface area contributed by atoms with E-state index in [1.54, 1.807) is 0 Å². The summed E-state index contributed by atoms with van der Waals surface area (Å²) < 4.78 is 10.4. The summed E-state index contributed by atoms with van der Waals surface area (Å²) in [6.45, 7) is 1.42. The van der Waals surface area contributed by atoms with Gasteiger partial charge in [-0.3, -0.25) is 4.79 Å². The minimum absolute atomic E-state index is 0.147. The summed E-state index contributed by atoms with van der Waals surface area (Å²) in [6.07, 6.45) is 3.47. The number of hydrogen-bond donors (Lipinski definition) is 1. The van der Waals surface area contributed by atoms with Crippen LogP contribution in [0.2, 0.25) is 0 Å². The third kappa shape index (κ3) is 2.31. The molecule has 1 aliphatic heterocycles. The number of amides is 1. The second-order valence-electron chi connectivity index (χ2n) is 5.64. The van der Waals surface area contributed by atoms with Gasteiger partial charge in [0.25, 0.3) is 5.91 Å². The summed E-state index contributed by atoms with van der Waals surface area (Å²) in [5.41, 5.74) is 6.41. The summed E-state index contributed by atoms with van der Waals surface area (Å²) in [4.78, 5) is 22.6. The highest BCUT2D eigenvalue weighted by Crippen LogP contribution is 2.38. The number of carbonyl (C=O) groups is 1. The Bertz CT molecular complexity index is 529. The van der Waals surface area contributed by atoms with E-state index < -0.39 is 0 Å². The van der Waals surface area contributed by atoms with Crippen LogP contribution in [0.15, 0.2) is 6.33 Å². The number of nitrogens with two attached hydrogens (primary N) is 1. The molecule has 1 saturated carbocycles. The molecule has 3 atom stereocenters. The van der Waals surface area contributed by atoms with Gasteiger partial charge in [0.2, 0.25) is 11.8 Å². The van der Waals surface area contributed by atoms with Gasteiger partial charge in [0, 0.05) is 19.1 Å². The first-order chi connectivity index (χ1) is 10.2. The Morgan fingerprint density at radius 3 is 2.48 bits per heavy atom. The molecular formula is C14H20N4O3. The summed E-state index contributed by atoms with van der Waals surface area (Å²) in [7, 11) is 2.96. The van der Waals surface area contributed by atoms with Gasteiger partial charge >= 0.3 is 0 Å². The molecule has 21 heavy (non-hydrogen) atoms. The molecule has 2 aliphatic rings. The molecule has 1 saturated heterocycles. The van der Waals surface area contributed by atoms with Gasteiger partial charge in [-0.2, -0.15) is 0 Å². The summed E-state index contributed by atoms with van der Waals surface area (Å²) in [5.74, 6) is 1.24. The predicted molar refractivity (Wildman–Crippen MR) is 75.2 cm³/mol. The minimum atomic E-state index is -0.147. The number of rotatable bonds is 3. The summed E-state index contributed by atoms with van der Waals surface area (Å²) >= 11 is 0. The fraction of sp³-hybridized carbons (Fsp3) is 0.643. The zero-order valence-electron chi connectivity index (χ0n) is 12.3. The predicted octanol–water partition coefficient (Wildman–Crippen LogP) is 0.303. The molecule has 2 N–H and O–H groups in total. The molecule has 3 rings (SSSR count). The van der Waals surface area contributed by atoms with Gasteiger partial charge in [0.15, 0.2) is 5.56 Å². The molecule has 7 nitrogen and oxygen atoms in total. The molecule has 3 unspecified atom stereocenters. The highest BCUT2D eigenvalue weighted by Gasteiger charge is 2.43. The summed E-state index contributed by atoms with van der Waals surface area (Å²) in [5, 5.41) is 0. The highest BCUT2D eigenvalue weighted by atomic mass is 16.5. The minimum Gasteiger partial charge on any atom is -0.480 e. The van der Waals surface area contributed by atoms with Crippen molar-refractivity contribution in [2.45, 2.75) is 18.9 Å². The van der Waals surface area contributed by atoms with E-state index in [2.05, 4.69) is 9.97 Å². The van der Waals surface area contributed by atoms with Crippen LogP contribution < -0.4 is 15.2 Å². The van der Waals surface area contributed by atoms with Gasteiger partial charge in [-0.25, -0.2) is 9.97 Å². The Labute approximate surface area is 123 Å². The molecular weight excluding hydrogens is 272 g/mol. The van der Waals surface area contributed by atoms with Crippen molar-refractivity contribution < 1.29 is 14.3 Å². The molecule has 1 aromatic rings. The smallest absolute Gasteiger partial charge is 0.264 e. The van der Waals surface area contributed by atoms with Gasteiger partial charge in [0.1, 0.15) is 6.33 Å². The lowest BCUT2D eigenvalue weighted by atomic mass is 9.98. The van der Waals surface area contributed by atoms with E-state index in [9.17, 15) is 4.79 Å². The lowest BCUT2D eigenvalue weighted by Crippen LogP contribution is -2.34. The molecule has 1 amide bonds. The number of hydrogen-bond acceptors (Lipinski definition) is 6. The molecule has 2 heterocycles. The van der Waals surface area contributed by atoms with Gasteiger partial charge < -0.3 is 20.1 Å². The van der Waals surface area contributed by atoms with Crippen molar-refractivity contribution in [2.24, 2.45) is 17.6 Å². The zero-order valence-corrected chi connectivity index (χ0v) is 12.3. The maximum Gasteiger partial charge on any atom is 0.264 e. The number of ether oxygens (including phenoxy) is 2. The largest absolute Gasteiger partial charge is 0.480 e. The topological polar surface area (TPSA) is 90.6 Å². The number of aromatic nitrogens is 2. The van der Waals surface area contributed by atoms with Gasteiger partial charge in [0.05, 0.1) is 14.2 Å². The first kappa shape index (κ1) is 14.1. The molecule has 1 aliphatic carbocycles. The van der Waals surface area contributed by atoms with Gasteiger partial charge in [-0.15, -0.1) is 0 Å². The summed E-state index contributed by atoms with van der Waals surface area (Å²) in [6, 6.07) is 0.198. The normalized spacial score (nSPS) is 27.6. The van der Waals surface area contributed by atoms with Crippen LogP contribution in [0, 0.1) is 11.8 Å². The van der Waals surface area contributed by atoms with Crippen LogP contribution in [0.3, 0.4) is 0 Å². The average Bonchev–Trinajstić information content (AvgIpc) is 3.08. The Kier molecular flexibility index (Phi) is 3.67. The second-order valence-corrected chi connectivity index (χ2v) is 5.64. The van der Waals surface area contributed by atoms with Crippen LogP contribution in [0.5, 0.6) is 11.8 Å². The van der Waals surface area contributed by atoms with Crippen LogP contribution >= 0.6 is 0 Å². The van der Waals surface area contributed by atoms with Crippen molar-refractivity contribution in [3.8, 4) is 11.8 Å². The molecule has 2 fully saturated rings. The van der Waals surface area contributed by atoms with Gasteiger partial charge in [-0.05, 0) is 24.7 Å². The lowest BCUT2D eigenvalue weighted by Gasteiger charge is -2.20. The van der Waals surface area contributed by atoms with E-state index in [1.807, 2.05) is 4.90 Å². The first-order valence-electron chi connectivity index (χ1n) is 7.13. The van der Waals surface area contributed by atoms with E-state index in [0.717, 1.165) is 19.4 Å². The molecule has 0 aromatic carbocycles. The fourth-order valence-electron chi connectivity index (χ4n) is 3.48. The van der Waals surface area contributed by atoms with Crippen LogP contribution in [0.25, 0.3) is 0 Å². The number of likely N-dealkylation sites (tertiary alicyclic amines) is 1. The Hall–Kier alpha value is -1.89. The van der Waals surface area contributed by atoms with Gasteiger partial charge in [-0.1, -0.05) is 0 Å². The Balaban J connectivity index is 1.86. The van der Waals surface area contributed by atoms with Crippen molar-refractivity contribution in [2.75, 3.05) is 27.3 Å². The van der Waals surface area contributed by atoms with Crippen molar-refractivity contribution in [3.05, 3.63) is 11.9 Å². The molecule has 0 bridgehead atoms. The molecule has 0 radical (unpaired) electrons. The van der Waals surface area contributed by atoms with Crippen LogP contribution in [0.4, 0.5) is 0 Å². The van der Waals surface area contributed by atoms with Crippen LogP contribution in [-0.4, -0.2) is 54.1 Å². The van der Waals surface area contributed by atoms with Crippen molar-refractivity contribution >= 4 is 5.91 Å². The van der Waals surface area contributed by atoms with E-state index >= 15 is 0 Å². The van der Waals surface area contributed by atoms with Crippen LogP contribution in [0.1, 0.15) is 23.2 Å². The standard InChI is InChI=1S/C14H20N4O3/c1-20-12-11(13(21-2)17-7-16-12)14(19)18-5-8-3-4-10(15)9(8)6-18/h7-10H,3-6,15H2,1-2H3. The number of fused-ring (bicyclic) bond motifs is 1. The van der Waals surface area contributed by atoms with Crippen molar-refractivity contribution in [1.29, 1.82) is 0 Å². The van der Waals surface area contributed by atoms with E-state index in [-0.39, 0.29) is 29.3 Å². The number of nitrogens with zero attached hydrogens (tertiary/aromatic N) is 3. The zero-order chi connectivity index (χ0) is 15.0. The van der Waals surface area contributed by atoms with E-state index in [0.29, 0.717) is 18.4 Å². The molecule has 7 heteroatoms. The molecule has 0 spiro atoms. The number of methoxy groups -OCH3 is 2. The maximum absolute atomic E-state index is 12.8. The Morgan fingerprint density at radius 1 is 1.24 bits per heavy atom. The quantitative estimate of drug-likeness (QED) is 0.862. The van der Waals surface area contributed by atoms with Crippen molar-refractivity contribution in [1.82, 2.24) is 14.9 Å². The van der Waals surface area contributed by atoms with E-state index in [1.165, 1.54) is 20.5 Å². The second kappa shape index (κ2) is 5.48. The monoisotopic (exact) mass is 292 g/mol. The average molecular weight is 292 g/mol. The number of carbonyl (C=O) groups excluding carboxylic acids is 1. The Morgan fingerprint density at radius 2 is 1.90 bits per heavy atom. The molecule has 114 valence electrons.